The summed E-state index contributed by atoms with van der Waals surface area (Å²) >= 11 is 0. The van der Waals surface area contributed by atoms with E-state index in [4.69, 9.17) is 0 Å². The molecule has 1 aliphatic rings. The Labute approximate surface area is 158 Å². The second-order valence-corrected chi connectivity index (χ2v) is 7.18. The van der Waals surface area contributed by atoms with Crippen LogP contribution < -0.4 is 5.32 Å². The molecule has 0 saturated carbocycles. The molecule has 1 saturated heterocycles. The number of H-pyrrole nitrogens is 1. The third kappa shape index (κ3) is 4.32. The van der Waals surface area contributed by atoms with Crippen LogP contribution in [-0.4, -0.2) is 70.4 Å². The summed E-state index contributed by atoms with van der Waals surface area (Å²) in [5.41, 5.74) is 3.36. The van der Waals surface area contributed by atoms with Gasteiger partial charge in [-0.05, 0) is 30.8 Å². The SMILES string of the molecule is CN1CCN(Cc2ccccc2)CC(NC(=O)c2ccc3n[nH]nc3c2)C1. The van der Waals surface area contributed by atoms with Gasteiger partial charge in [0.2, 0.25) is 0 Å². The summed E-state index contributed by atoms with van der Waals surface area (Å²) in [5.74, 6) is -0.0696. The van der Waals surface area contributed by atoms with Crippen molar-refractivity contribution in [1.82, 2.24) is 30.5 Å². The van der Waals surface area contributed by atoms with E-state index in [1.165, 1.54) is 5.56 Å². The first kappa shape index (κ1) is 17.6. The second kappa shape index (κ2) is 7.85. The minimum absolute atomic E-state index is 0.0696. The van der Waals surface area contributed by atoms with Crippen LogP contribution in [0.3, 0.4) is 0 Å². The van der Waals surface area contributed by atoms with Crippen LogP contribution >= 0.6 is 0 Å². The fraction of sp³-hybridized carbons (Fsp3) is 0.350. The number of aromatic amines is 1. The van der Waals surface area contributed by atoms with Crippen molar-refractivity contribution in [3.05, 3.63) is 59.7 Å². The van der Waals surface area contributed by atoms with Gasteiger partial charge in [0.15, 0.2) is 0 Å². The molecule has 1 atom stereocenters. The summed E-state index contributed by atoms with van der Waals surface area (Å²) in [4.78, 5) is 17.4. The number of nitrogens with one attached hydrogen (secondary N) is 2. The molecule has 27 heavy (non-hydrogen) atoms. The highest BCUT2D eigenvalue weighted by Gasteiger charge is 2.23. The number of carbonyl (C=O) groups excluding carboxylic acids is 1. The maximum Gasteiger partial charge on any atom is 0.251 e. The van der Waals surface area contributed by atoms with Crippen molar-refractivity contribution in [2.24, 2.45) is 0 Å². The molecule has 1 fully saturated rings. The first-order valence-electron chi connectivity index (χ1n) is 9.23. The van der Waals surface area contributed by atoms with Crippen LogP contribution in [0.2, 0.25) is 0 Å². The van der Waals surface area contributed by atoms with Gasteiger partial charge in [0.25, 0.3) is 5.91 Å². The Bertz CT molecular complexity index is 909. The average Bonchev–Trinajstić information content (AvgIpc) is 3.07. The van der Waals surface area contributed by atoms with Crippen LogP contribution in [-0.2, 0) is 6.54 Å². The smallest absolute Gasteiger partial charge is 0.251 e. The number of likely N-dealkylation sites (N-methyl/N-ethyl adjacent to an activating group) is 1. The lowest BCUT2D eigenvalue weighted by atomic mass is 10.1. The third-order valence-electron chi connectivity index (χ3n) is 4.97. The summed E-state index contributed by atoms with van der Waals surface area (Å²) in [6.45, 7) is 4.54. The molecule has 2 N–H and O–H groups in total. The molecule has 2 heterocycles. The van der Waals surface area contributed by atoms with Gasteiger partial charge in [-0.3, -0.25) is 9.69 Å². The fourth-order valence-corrected chi connectivity index (χ4v) is 3.57. The van der Waals surface area contributed by atoms with Crippen molar-refractivity contribution in [2.75, 3.05) is 33.2 Å². The molecule has 1 amide bonds. The van der Waals surface area contributed by atoms with Crippen molar-refractivity contribution in [2.45, 2.75) is 12.6 Å². The number of benzene rings is 2. The number of amides is 1. The lowest BCUT2D eigenvalue weighted by molar-refractivity contribution is 0.0924. The first-order chi connectivity index (χ1) is 13.2. The van der Waals surface area contributed by atoms with Crippen LogP contribution in [0.25, 0.3) is 11.0 Å². The van der Waals surface area contributed by atoms with E-state index in [0.717, 1.165) is 38.2 Å². The maximum atomic E-state index is 12.8. The molecule has 1 aliphatic heterocycles. The van der Waals surface area contributed by atoms with Crippen molar-refractivity contribution < 1.29 is 4.79 Å². The molecule has 0 radical (unpaired) electrons. The molecule has 4 rings (SSSR count). The fourth-order valence-electron chi connectivity index (χ4n) is 3.57. The molecule has 0 bridgehead atoms. The number of hydrogen-bond acceptors (Lipinski definition) is 5. The molecular weight excluding hydrogens is 340 g/mol. The molecule has 0 spiro atoms. The average molecular weight is 364 g/mol. The van der Waals surface area contributed by atoms with Crippen LogP contribution in [0, 0.1) is 0 Å². The summed E-state index contributed by atoms with van der Waals surface area (Å²) < 4.78 is 0. The topological polar surface area (TPSA) is 77.1 Å². The number of fused-ring (bicyclic) bond motifs is 1. The molecule has 1 unspecified atom stereocenters. The van der Waals surface area contributed by atoms with E-state index in [1.807, 2.05) is 12.1 Å². The zero-order valence-corrected chi connectivity index (χ0v) is 15.4. The molecule has 7 heteroatoms. The Morgan fingerprint density at radius 1 is 1.11 bits per heavy atom. The summed E-state index contributed by atoms with van der Waals surface area (Å²) in [6, 6.07) is 15.9. The standard InChI is InChI=1S/C20H24N6O/c1-25-9-10-26(12-15-5-3-2-4-6-15)14-17(13-25)21-20(27)16-7-8-18-19(11-16)23-24-22-18/h2-8,11,17H,9-10,12-14H2,1H3,(H,21,27)(H,22,23,24). The quantitative estimate of drug-likeness (QED) is 0.734. The van der Waals surface area contributed by atoms with Gasteiger partial charge in [-0.15, -0.1) is 0 Å². The number of nitrogens with zero attached hydrogens (tertiary/aromatic N) is 4. The first-order valence-corrected chi connectivity index (χ1v) is 9.23. The second-order valence-electron chi connectivity index (χ2n) is 7.18. The Hall–Kier alpha value is -2.77. The van der Waals surface area contributed by atoms with Gasteiger partial charge in [0, 0.05) is 38.3 Å². The van der Waals surface area contributed by atoms with Crippen molar-refractivity contribution in [3.8, 4) is 0 Å². The molecule has 2 aromatic carbocycles. The highest BCUT2D eigenvalue weighted by Crippen LogP contribution is 2.12. The third-order valence-corrected chi connectivity index (χ3v) is 4.97. The van der Waals surface area contributed by atoms with E-state index in [2.05, 4.69) is 61.8 Å². The predicted molar refractivity (Wildman–Crippen MR) is 104 cm³/mol. The van der Waals surface area contributed by atoms with Crippen molar-refractivity contribution >= 4 is 16.9 Å². The van der Waals surface area contributed by atoms with Crippen LogP contribution in [0.1, 0.15) is 15.9 Å². The lowest BCUT2D eigenvalue weighted by Crippen LogP contribution is -2.46. The number of aromatic nitrogens is 3. The van der Waals surface area contributed by atoms with Gasteiger partial charge in [-0.1, -0.05) is 30.3 Å². The molecule has 1 aromatic heterocycles. The summed E-state index contributed by atoms with van der Waals surface area (Å²) in [6.07, 6.45) is 0. The van der Waals surface area contributed by atoms with Gasteiger partial charge in [0.1, 0.15) is 11.0 Å². The Balaban J connectivity index is 1.44. The van der Waals surface area contributed by atoms with Crippen LogP contribution in [0.4, 0.5) is 0 Å². The molecule has 3 aromatic rings. The zero-order valence-electron chi connectivity index (χ0n) is 15.4. The number of rotatable bonds is 4. The highest BCUT2D eigenvalue weighted by molar-refractivity contribution is 5.97. The Kier molecular flexibility index (Phi) is 5.13. The monoisotopic (exact) mass is 364 g/mol. The Morgan fingerprint density at radius 2 is 1.93 bits per heavy atom. The minimum Gasteiger partial charge on any atom is -0.347 e. The molecule has 0 aliphatic carbocycles. The van der Waals surface area contributed by atoms with E-state index in [-0.39, 0.29) is 11.9 Å². The van der Waals surface area contributed by atoms with Gasteiger partial charge < -0.3 is 10.2 Å². The van der Waals surface area contributed by atoms with E-state index >= 15 is 0 Å². The van der Waals surface area contributed by atoms with Crippen LogP contribution in [0.5, 0.6) is 0 Å². The summed E-state index contributed by atoms with van der Waals surface area (Å²) in [5, 5.41) is 13.9. The number of hydrogen-bond donors (Lipinski definition) is 2. The normalized spacial score (nSPS) is 19.1. The van der Waals surface area contributed by atoms with Gasteiger partial charge >= 0.3 is 0 Å². The molecular formula is C20H24N6O. The molecule has 7 nitrogen and oxygen atoms in total. The largest absolute Gasteiger partial charge is 0.347 e. The van der Waals surface area contributed by atoms with E-state index in [9.17, 15) is 4.79 Å². The summed E-state index contributed by atoms with van der Waals surface area (Å²) in [7, 11) is 2.10. The Morgan fingerprint density at radius 3 is 2.78 bits per heavy atom. The maximum absolute atomic E-state index is 12.8. The highest BCUT2D eigenvalue weighted by atomic mass is 16.1. The van der Waals surface area contributed by atoms with Gasteiger partial charge in [-0.2, -0.15) is 15.4 Å². The lowest BCUT2D eigenvalue weighted by Gasteiger charge is -2.25. The zero-order chi connectivity index (χ0) is 18.6. The van der Waals surface area contributed by atoms with Gasteiger partial charge in [0.05, 0.1) is 6.04 Å². The number of carbonyl (C=O) groups is 1. The van der Waals surface area contributed by atoms with Crippen molar-refractivity contribution in [3.63, 3.8) is 0 Å². The van der Waals surface area contributed by atoms with E-state index in [1.54, 1.807) is 12.1 Å². The van der Waals surface area contributed by atoms with E-state index < -0.39 is 0 Å². The van der Waals surface area contributed by atoms with Gasteiger partial charge in [-0.25, -0.2) is 0 Å². The van der Waals surface area contributed by atoms with E-state index in [0.29, 0.717) is 11.1 Å². The van der Waals surface area contributed by atoms with Crippen molar-refractivity contribution in [1.29, 1.82) is 0 Å². The minimum atomic E-state index is -0.0696. The predicted octanol–water partition coefficient (Wildman–Crippen LogP) is 1.50. The van der Waals surface area contributed by atoms with Crippen LogP contribution in [0.15, 0.2) is 48.5 Å². The molecule has 140 valence electrons.